The lowest BCUT2D eigenvalue weighted by molar-refractivity contribution is 0.195. The Morgan fingerprint density at radius 3 is 2.82 bits per heavy atom. The molecule has 0 bridgehead atoms. The van der Waals surface area contributed by atoms with Crippen LogP contribution in [-0.2, 0) is 11.3 Å². The second-order valence-corrected chi connectivity index (χ2v) is 4.75. The summed E-state index contributed by atoms with van der Waals surface area (Å²) in [4.78, 5) is 4.16. The van der Waals surface area contributed by atoms with Crippen LogP contribution in [0.3, 0.4) is 0 Å². The fraction of sp³-hybridized carbons (Fsp3) is 0.375. The molecule has 0 aliphatic carbocycles. The van der Waals surface area contributed by atoms with E-state index < -0.39 is 0 Å². The minimum absolute atomic E-state index is 0.556. The average molecular weight is 302 g/mol. The van der Waals surface area contributed by atoms with E-state index in [9.17, 15) is 0 Å². The summed E-state index contributed by atoms with van der Waals surface area (Å²) in [6.07, 6.45) is 0.930. The second-order valence-electron chi connectivity index (χ2n) is 4.75. The monoisotopic (exact) mass is 302 g/mol. The lowest BCUT2D eigenvalue weighted by Gasteiger charge is -2.10. The van der Waals surface area contributed by atoms with E-state index in [1.807, 2.05) is 36.4 Å². The maximum atomic E-state index is 5.36. The Morgan fingerprint density at radius 2 is 2.09 bits per heavy atom. The number of benzene rings is 1. The van der Waals surface area contributed by atoms with Crippen molar-refractivity contribution >= 4 is 5.96 Å². The first kappa shape index (κ1) is 16.0. The molecule has 1 heterocycles. The van der Waals surface area contributed by atoms with E-state index in [1.54, 1.807) is 14.2 Å². The summed E-state index contributed by atoms with van der Waals surface area (Å²) in [5, 5.41) is 10.5. The van der Waals surface area contributed by atoms with Crippen LogP contribution in [0.4, 0.5) is 0 Å². The lowest BCUT2D eigenvalue weighted by Crippen LogP contribution is -2.37. The van der Waals surface area contributed by atoms with Crippen molar-refractivity contribution in [3.63, 3.8) is 0 Å². The fourth-order valence-corrected chi connectivity index (χ4v) is 1.95. The third-order valence-corrected chi connectivity index (χ3v) is 3.10. The highest BCUT2D eigenvalue weighted by Crippen LogP contribution is 2.19. The number of ether oxygens (including phenoxy) is 1. The van der Waals surface area contributed by atoms with Crippen LogP contribution in [-0.4, -0.2) is 38.4 Å². The first-order chi connectivity index (χ1) is 10.8. The zero-order valence-corrected chi connectivity index (χ0v) is 13.0. The van der Waals surface area contributed by atoms with Crippen LogP contribution >= 0.6 is 0 Å². The fourth-order valence-electron chi connectivity index (χ4n) is 1.95. The molecule has 0 fully saturated rings. The second kappa shape index (κ2) is 8.84. The third-order valence-electron chi connectivity index (χ3n) is 3.10. The smallest absolute Gasteiger partial charge is 0.191 e. The Hall–Kier alpha value is -2.34. The highest BCUT2D eigenvalue weighted by Gasteiger charge is 2.06. The van der Waals surface area contributed by atoms with Gasteiger partial charge in [-0.25, -0.2) is 0 Å². The van der Waals surface area contributed by atoms with Crippen molar-refractivity contribution in [1.82, 2.24) is 15.8 Å². The van der Waals surface area contributed by atoms with Crippen molar-refractivity contribution in [3.8, 4) is 11.3 Å². The molecule has 2 N–H and O–H groups in total. The van der Waals surface area contributed by atoms with Gasteiger partial charge in [-0.1, -0.05) is 35.5 Å². The molecule has 1 aromatic heterocycles. The summed E-state index contributed by atoms with van der Waals surface area (Å²) in [5.41, 5.74) is 1.85. The normalized spacial score (nSPS) is 11.5. The van der Waals surface area contributed by atoms with Crippen molar-refractivity contribution < 1.29 is 9.26 Å². The number of guanidine groups is 1. The number of methoxy groups -OCH3 is 1. The number of nitrogens with zero attached hydrogens (tertiary/aromatic N) is 2. The predicted octanol–water partition coefficient (Wildman–Crippen LogP) is 2.04. The van der Waals surface area contributed by atoms with Gasteiger partial charge in [-0.3, -0.25) is 4.99 Å². The van der Waals surface area contributed by atoms with Gasteiger partial charge >= 0.3 is 0 Å². The van der Waals surface area contributed by atoms with E-state index in [0.29, 0.717) is 6.54 Å². The SMILES string of the molecule is CN=C(NCCCOC)NCc1cc(-c2ccccc2)on1. The highest BCUT2D eigenvalue weighted by atomic mass is 16.5. The van der Waals surface area contributed by atoms with E-state index in [-0.39, 0.29) is 0 Å². The standard InChI is InChI=1S/C16H22N4O2/c1-17-16(18-9-6-10-21-2)19-12-14-11-15(22-20-14)13-7-4-3-5-8-13/h3-5,7-8,11H,6,9-10,12H2,1-2H3,(H2,17,18,19). The molecule has 0 atom stereocenters. The molecular formula is C16H22N4O2. The molecule has 2 aromatic rings. The van der Waals surface area contributed by atoms with Crippen molar-refractivity contribution in [1.29, 1.82) is 0 Å². The Kier molecular flexibility index (Phi) is 6.44. The molecule has 1 aromatic carbocycles. The maximum absolute atomic E-state index is 5.36. The van der Waals surface area contributed by atoms with Gasteiger partial charge in [-0.05, 0) is 6.42 Å². The molecule has 0 amide bonds. The van der Waals surface area contributed by atoms with Gasteiger partial charge in [-0.15, -0.1) is 0 Å². The summed E-state index contributed by atoms with van der Waals surface area (Å²) in [6.45, 7) is 2.09. The Bertz CT molecular complexity index is 581. The largest absolute Gasteiger partial charge is 0.385 e. The van der Waals surface area contributed by atoms with E-state index in [1.165, 1.54) is 0 Å². The number of nitrogens with one attached hydrogen (secondary N) is 2. The zero-order valence-electron chi connectivity index (χ0n) is 13.0. The van der Waals surface area contributed by atoms with Gasteiger partial charge in [0, 0.05) is 38.9 Å². The summed E-state index contributed by atoms with van der Waals surface area (Å²) < 4.78 is 10.4. The molecule has 0 radical (unpaired) electrons. The van der Waals surface area contributed by atoms with Gasteiger partial charge in [0.2, 0.25) is 0 Å². The van der Waals surface area contributed by atoms with Crippen LogP contribution in [0.25, 0.3) is 11.3 Å². The topological polar surface area (TPSA) is 71.7 Å². The van der Waals surface area contributed by atoms with Crippen LogP contribution < -0.4 is 10.6 Å². The Balaban J connectivity index is 1.82. The molecule has 6 nitrogen and oxygen atoms in total. The van der Waals surface area contributed by atoms with E-state index >= 15 is 0 Å². The van der Waals surface area contributed by atoms with Crippen molar-refractivity contribution in [2.45, 2.75) is 13.0 Å². The Labute approximate surface area is 130 Å². The van der Waals surface area contributed by atoms with Crippen LogP contribution in [0.5, 0.6) is 0 Å². The van der Waals surface area contributed by atoms with Gasteiger partial charge < -0.3 is 19.9 Å². The summed E-state index contributed by atoms with van der Waals surface area (Å²) >= 11 is 0. The number of aromatic nitrogens is 1. The highest BCUT2D eigenvalue weighted by molar-refractivity contribution is 5.79. The zero-order chi connectivity index (χ0) is 15.6. The van der Waals surface area contributed by atoms with Gasteiger partial charge in [0.15, 0.2) is 11.7 Å². The molecule has 0 aliphatic rings. The van der Waals surface area contributed by atoms with Crippen molar-refractivity contribution in [3.05, 3.63) is 42.1 Å². The molecule has 0 saturated heterocycles. The molecule has 2 rings (SSSR count). The number of rotatable bonds is 7. The van der Waals surface area contributed by atoms with Gasteiger partial charge in [-0.2, -0.15) is 0 Å². The number of aliphatic imine (C=N–C) groups is 1. The first-order valence-electron chi connectivity index (χ1n) is 7.28. The van der Waals surface area contributed by atoms with Gasteiger partial charge in [0.25, 0.3) is 0 Å². The summed E-state index contributed by atoms with van der Waals surface area (Å²) in [7, 11) is 3.44. The minimum Gasteiger partial charge on any atom is -0.385 e. The predicted molar refractivity (Wildman–Crippen MR) is 86.6 cm³/mol. The maximum Gasteiger partial charge on any atom is 0.191 e. The molecular weight excluding hydrogens is 280 g/mol. The molecule has 0 saturated carbocycles. The lowest BCUT2D eigenvalue weighted by atomic mass is 10.2. The summed E-state index contributed by atoms with van der Waals surface area (Å²) in [5.74, 6) is 1.50. The van der Waals surface area contributed by atoms with E-state index in [4.69, 9.17) is 9.26 Å². The van der Waals surface area contributed by atoms with Crippen molar-refractivity contribution in [2.75, 3.05) is 27.3 Å². The Morgan fingerprint density at radius 1 is 1.27 bits per heavy atom. The van der Waals surface area contributed by atoms with Gasteiger partial charge in [0.05, 0.1) is 6.54 Å². The minimum atomic E-state index is 0.556. The van der Waals surface area contributed by atoms with Crippen LogP contribution in [0.2, 0.25) is 0 Å². The van der Waals surface area contributed by atoms with Gasteiger partial charge in [0.1, 0.15) is 5.69 Å². The molecule has 0 aliphatic heterocycles. The van der Waals surface area contributed by atoms with E-state index in [0.717, 1.165) is 42.5 Å². The number of hydrogen-bond acceptors (Lipinski definition) is 4. The van der Waals surface area contributed by atoms with Crippen LogP contribution in [0, 0.1) is 0 Å². The number of hydrogen-bond donors (Lipinski definition) is 2. The van der Waals surface area contributed by atoms with E-state index in [2.05, 4.69) is 20.8 Å². The average Bonchev–Trinajstić information content (AvgIpc) is 3.04. The molecule has 118 valence electrons. The van der Waals surface area contributed by atoms with Crippen LogP contribution in [0.1, 0.15) is 12.1 Å². The quantitative estimate of drug-likeness (QED) is 0.465. The van der Waals surface area contributed by atoms with Crippen molar-refractivity contribution in [2.24, 2.45) is 4.99 Å². The third kappa shape index (κ3) is 4.89. The molecule has 22 heavy (non-hydrogen) atoms. The first-order valence-corrected chi connectivity index (χ1v) is 7.28. The molecule has 0 spiro atoms. The summed E-state index contributed by atoms with van der Waals surface area (Å²) in [6, 6.07) is 11.8. The molecule has 0 unspecified atom stereocenters. The molecule has 6 heteroatoms. The van der Waals surface area contributed by atoms with Crippen LogP contribution in [0.15, 0.2) is 45.9 Å².